The van der Waals surface area contributed by atoms with Gasteiger partial charge in [-0.15, -0.1) is 0 Å². The number of methoxy groups -OCH3 is 1. The van der Waals surface area contributed by atoms with E-state index in [9.17, 15) is 4.79 Å². The van der Waals surface area contributed by atoms with Crippen LogP contribution >= 0.6 is 11.6 Å². The number of amides is 1. The minimum atomic E-state index is -0.0224. The number of hydrogen-bond acceptors (Lipinski definition) is 3. The molecule has 0 unspecified atom stereocenters. The lowest BCUT2D eigenvalue weighted by molar-refractivity contribution is -0.115. The highest BCUT2D eigenvalue weighted by atomic mass is 35.5. The zero-order valence-corrected chi connectivity index (χ0v) is 14.3. The molecule has 0 saturated heterocycles. The van der Waals surface area contributed by atoms with Crippen molar-refractivity contribution in [1.29, 1.82) is 0 Å². The molecule has 0 fully saturated rings. The molecule has 0 aromatic heterocycles. The van der Waals surface area contributed by atoms with Gasteiger partial charge in [-0.2, -0.15) is 0 Å². The highest BCUT2D eigenvalue weighted by Crippen LogP contribution is 2.27. The van der Waals surface area contributed by atoms with Crippen molar-refractivity contribution < 1.29 is 9.53 Å². The van der Waals surface area contributed by atoms with Crippen LogP contribution in [-0.2, 0) is 4.79 Å². The predicted molar refractivity (Wildman–Crippen MR) is 95.7 cm³/mol. The molecule has 0 radical (unpaired) electrons. The molecule has 0 bridgehead atoms. The molecule has 0 spiro atoms. The van der Waals surface area contributed by atoms with Gasteiger partial charge in [0.15, 0.2) is 0 Å². The lowest BCUT2D eigenvalue weighted by Gasteiger charge is -2.11. The summed E-state index contributed by atoms with van der Waals surface area (Å²) in [5, 5.41) is 6.66. The number of halogens is 1. The number of ether oxygens (including phenoxy) is 1. The minimum Gasteiger partial charge on any atom is -0.495 e. The molecular weight excluding hydrogens is 312 g/mol. The Kier molecular flexibility index (Phi) is 5.88. The Morgan fingerprint density at radius 2 is 2.00 bits per heavy atom. The summed E-state index contributed by atoms with van der Waals surface area (Å²) in [5.41, 5.74) is 3.97. The summed E-state index contributed by atoms with van der Waals surface area (Å²) >= 11 is 6.07. The van der Waals surface area contributed by atoms with Gasteiger partial charge in [0.05, 0.1) is 12.1 Å². The van der Waals surface area contributed by atoms with Crippen LogP contribution in [-0.4, -0.2) is 19.6 Å². The van der Waals surface area contributed by atoms with Crippen LogP contribution < -0.4 is 15.4 Å². The van der Waals surface area contributed by atoms with Crippen molar-refractivity contribution in [3.8, 4) is 5.75 Å². The standard InChI is InChI=1S/C18H21ClN2O2/c1-12-5-4-6-16(13(12)2)21-18(22)9-10-20-14-7-8-17(23-3)15(19)11-14/h4-8,11,20H,9-10H2,1-3H3,(H,21,22). The minimum absolute atomic E-state index is 0.0224. The first-order valence-corrected chi connectivity index (χ1v) is 7.82. The fourth-order valence-electron chi connectivity index (χ4n) is 2.20. The Labute approximate surface area is 141 Å². The van der Waals surface area contributed by atoms with Crippen molar-refractivity contribution in [3.05, 3.63) is 52.5 Å². The van der Waals surface area contributed by atoms with Gasteiger partial charge in [-0.1, -0.05) is 23.7 Å². The number of carbonyl (C=O) groups excluding carboxylic acids is 1. The summed E-state index contributed by atoms with van der Waals surface area (Å²) in [6, 6.07) is 11.3. The van der Waals surface area contributed by atoms with E-state index in [1.165, 1.54) is 0 Å². The molecule has 23 heavy (non-hydrogen) atoms. The third-order valence-electron chi connectivity index (χ3n) is 3.71. The number of nitrogens with one attached hydrogen (secondary N) is 2. The summed E-state index contributed by atoms with van der Waals surface area (Å²) < 4.78 is 5.11. The van der Waals surface area contributed by atoms with E-state index < -0.39 is 0 Å². The van der Waals surface area contributed by atoms with Gasteiger partial charge in [-0.3, -0.25) is 4.79 Å². The van der Waals surface area contributed by atoms with Gasteiger partial charge in [-0.05, 0) is 49.2 Å². The highest BCUT2D eigenvalue weighted by molar-refractivity contribution is 6.32. The Hall–Kier alpha value is -2.20. The molecule has 0 saturated carbocycles. The Morgan fingerprint density at radius 1 is 1.22 bits per heavy atom. The maximum atomic E-state index is 12.0. The average Bonchev–Trinajstić information content (AvgIpc) is 2.52. The third kappa shape index (κ3) is 4.63. The van der Waals surface area contributed by atoms with E-state index in [1.54, 1.807) is 19.2 Å². The molecule has 0 atom stereocenters. The number of anilines is 2. The third-order valence-corrected chi connectivity index (χ3v) is 4.01. The number of hydrogen-bond donors (Lipinski definition) is 2. The zero-order chi connectivity index (χ0) is 16.8. The summed E-state index contributed by atoms with van der Waals surface area (Å²) in [7, 11) is 1.58. The number of aryl methyl sites for hydroxylation is 1. The number of rotatable bonds is 6. The van der Waals surface area contributed by atoms with E-state index in [4.69, 9.17) is 16.3 Å². The molecule has 0 heterocycles. The van der Waals surface area contributed by atoms with Crippen LogP contribution in [0.5, 0.6) is 5.75 Å². The molecule has 2 aromatic carbocycles. The Balaban J connectivity index is 1.85. The van der Waals surface area contributed by atoms with Gasteiger partial charge in [0.2, 0.25) is 5.91 Å². The van der Waals surface area contributed by atoms with E-state index in [0.717, 1.165) is 22.5 Å². The lowest BCUT2D eigenvalue weighted by Crippen LogP contribution is -2.17. The van der Waals surface area contributed by atoms with E-state index >= 15 is 0 Å². The molecule has 2 rings (SSSR count). The first-order valence-electron chi connectivity index (χ1n) is 7.44. The molecule has 5 heteroatoms. The fourth-order valence-corrected chi connectivity index (χ4v) is 2.45. The highest BCUT2D eigenvalue weighted by Gasteiger charge is 2.06. The van der Waals surface area contributed by atoms with Crippen LogP contribution in [0.25, 0.3) is 0 Å². The largest absolute Gasteiger partial charge is 0.495 e. The SMILES string of the molecule is COc1ccc(NCCC(=O)Nc2cccc(C)c2C)cc1Cl. The lowest BCUT2D eigenvalue weighted by atomic mass is 10.1. The normalized spacial score (nSPS) is 10.3. The second-order valence-electron chi connectivity index (χ2n) is 5.32. The van der Waals surface area contributed by atoms with Crippen LogP contribution in [0.3, 0.4) is 0 Å². The first-order chi connectivity index (χ1) is 11.0. The maximum absolute atomic E-state index is 12.0. The van der Waals surface area contributed by atoms with E-state index in [1.807, 2.05) is 38.1 Å². The quantitative estimate of drug-likeness (QED) is 0.824. The smallest absolute Gasteiger partial charge is 0.226 e. The van der Waals surface area contributed by atoms with Gasteiger partial charge >= 0.3 is 0 Å². The van der Waals surface area contributed by atoms with Gasteiger partial charge in [-0.25, -0.2) is 0 Å². The molecular formula is C18H21ClN2O2. The van der Waals surface area contributed by atoms with Gasteiger partial charge in [0.25, 0.3) is 0 Å². The zero-order valence-electron chi connectivity index (χ0n) is 13.6. The van der Waals surface area contributed by atoms with Crippen LogP contribution in [0.4, 0.5) is 11.4 Å². The number of carbonyl (C=O) groups is 1. The summed E-state index contributed by atoms with van der Waals surface area (Å²) in [4.78, 5) is 12.0. The summed E-state index contributed by atoms with van der Waals surface area (Å²) in [6.07, 6.45) is 0.372. The predicted octanol–water partition coefficient (Wildman–Crippen LogP) is 4.41. The van der Waals surface area contributed by atoms with Gasteiger partial charge in [0.1, 0.15) is 5.75 Å². The van der Waals surface area contributed by atoms with Crippen LogP contribution in [0, 0.1) is 13.8 Å². The van der Waals surface area contributed by atoms with Crippen LogP contribution in [0.2, 0.25) is 5.02 Å². The van der Waals surface area contributed by atoms with Crippen LogP contribution in [0.15, 0.2) is 36.4 Å². The van der Waals surface area contributed by atoms with Crippen molar-refractivity contribution in [3.63, 3.8) is 0 Å². The Bertz CT molecular complexity index is 701. The molecule has 0 aliphatic heterocycles. The summed E-state index contributed by atoms with van der Waals surface area (Å²) in [5.74, 6) is 0.607. The molecule has 1 amide bonds. The van der Waals surface area contributed by atoms with E-state index in [2.05, 4.69) is 10.6 Å². The second-order valence-corrected chi connectivity index (χ2v) is 5.73. The molecule has 2 aromatic rings. The van der Waals surface area contributed by atoms with Crippen molar-refractivity contribution >= 4 is 28.9 Å². The van der Waals surface area contributed by atoms with Gasteiger partial charge in [0, 0.05) is 24.3 Å². The molecule has 0 aliphatic carbocycles. The monoisotopic (exact) mass is 332 g/mol. The average molecular weight is 333 g/mol. The maximum Gasteiger partial charge on any atom is 0.226 e. The molecule has 0 aliphatic rings. The molecule has 122 valence electrons. The Morgan fingerprint density at radius 3 is 2.70 bits per heavy atom. The topological polar surface area (TPSA) is 50.4 Å². The van der Waals surface area contributed by atoms with Crippen molar-refractivity contribution in [2.24, 2.45) is 0 Å². The van der Waals surface area contributed by atoms with Crippen molar-refractivity contribution in [2.75, 3.05) is 24.3 Å². The van der Waals surface area contributed by atoms with Crippen molar-refractivity contribution in [1.82, 2.24) is 0 Å². The van der Waals surface area contributed by atoms with Crippen LogP contribution in [0.1, 0.15) is 17.5 Å². The number of benzene rings is 2. The molecule has 4 nitrogen and oxygen atoms in total. The second kappa shape index (κ2) is 7.88. The van der Waals surface area contributed by atoms with E-state index in [-0.39, 0.29) is 5.91 Å². The summed E-state index contributed by atoms with van der Waals surface area (Å²) in [6.45, 7) is 4.56. The first kappa shape index (κ1) is 17.2. The molecule has 2 N–H and O–H groups in total. The van der Waals surface area contributed by atoms with Crippen molar-refractivity contribution in [2.45, 2.75) is 20.3 Å². The van der Waals surface area contributed by atoms with Gasteiger partial charge < -0.3 is 15.4 Å². The fraction of sp³-hybridized carbons (Fsp3) is 0.278. The van der Waals surface area contributed by atoms with E-state index in [0.29, 0.717) is 23.7 Å².